The van der Waals surface area contributed by atoms with Crippen LogP contribution in [0, 0.1) is 27.8 Å². The third-order valence-corrected chi connectivity index (χ3v) is 4.28. The van der Waals surface area contributed by atoms with Crippen molar-refractivity contribution >= 4 is 5.69 Å². The molecule has 0 heterocycles. The lowest BCUT2D eigenvalue weighted by atomic mass is 9.80. The Bertz CT molecular complexity index is 492. The van der Waals surface area contributed by atoms with E-state index in [-0.39, 0.29) is 18.3 Å². The molecule has 3 atom stereocenters. The fourth-order valence-electron chi connectivity index (χ4n) is 2.68. The van der Waals surface area contributed by atoms with Crippen LogP contribution < -0.4 is 0 Å². The minimum Gasteiger partial charge on any atom is -0.373 e. The standard InChI is InChI=1S/C15H20FNO3/c1-10-6-7-13(8-11(10)2)20-9-12-4-3-5-14(15(12)16)17(18)19/h3-5,10-11,13H,6-9H2,1-2H3. The highest BCUT2D eigenvalue weighted by atomic mass is 19.1. The van der Waals surface area contributed by atoms with Gasteiger partial charge in [0.15, 0.2) is 0 Å². The molecule has 2 rings (SSSR count). The summed E-state index contributed by atoms with van der Waals surface area (Å²) in [5, 5.41) is 10.7. The molecule has 0 aromatic heterocycles. The number of rotatable bonds is 4. The minimum absolute atomic E-state index is 0.0965. The highest BCUT2D eigenvalue weighted by Crippen LogP contribution is 2.31. The summed E-state index contributed by atoms with van der Waals surface area (Å²) >= 11 is 0. The van der Waals surface area contributed by atoms with Gasteiger partial charge in [-0.05, 0) is 31.1 Å². The van der Waals surface area contributed by atoms with Crippen molar-refractivity contribution in [3.8, 4) is 0 Å². The van der Waals surface area contributed by atoms with E-state index >= 15 is 0 Å². The SMILES string of the molecule is CC1CCC(OCc2cccc([N+](=O)[O-])c2F)CC1C. The molecule has 0 aliphatic heterocycles. The second kappa shape index (κ2) is 6.31. The van der Waals surface area contributed by atoms with E-state index in [1.807, 2.05) is 0 Å². The second-order valence-electron chi connectivity index (χ2n) is 5.71. The number of ether oxygens (including phenoxy) is 1. The van der Waals surface area contributed by atoms with Gasteiger partial charge in [-0.3, -0.25) is 10.1 Å². The van der Waals surface area contributed by atoms with Crippen LogP contribution in [0.25, 0.3) is 0 Å². The zero-order valence-electron chi connectivity index (χ0n) is 11.8. The fraction of sp³-hybridized carbons (Fsp3) is 0.600. The molecule has 1 fully saturated rings. The van der Waals surface area contributed by atoms with Crippen molar-refractivity contribution in [2.75, 3.05) is 0 Å². The fourth-order valence-corrected chi connectivity index (χ4v) is 2.68. The summed E-state index contributed by atoms with van der Waals surface area (Å²) in [5.41, 5.74) is -0.234. The summed E-state index contributed by atoms with van der Waals surface area (Å²) in [6.45, 7) is 4.54. The molecule has 1 saturated carbocycles. The number of nitro groups is 1. The van der Waals surface area contributed by atoms with Crippen LogP contribution in [0.15, 0.2) is 18.2 Å². The second-order valence-corrected chi connectivity index (χ2v) is 5.71. The predicted octanol–water partition coefficient (Wildman–Crippen LogP) is 4.08. The molecular weight excluding hydrogens is 261 g/mol. The summed E-state index contributed by atoms with van der Waals surface area (Å²) in [6, 6.07) is 4.20. The van der Waals surface area contributed by atoms with Gasteiger partial charge in [-0.25, -0.2) is 0 Å². The van der Waals surface area contributed by atoms with Crippen molar-refractivity contribution in [1.29, 1.82) is 0 Å². The molecule has 4 nitrogen and oxygen atoms in total. The van der Waals surface area contributed by atoms with Gasteiger partial charge in [-0.2, -0.15) is 4.39 Å². The molecule has 1 aliphatic rings. The molecular formula is C15H20FNO3. The third-order valence-electron chi connectivity index (χ3n) is 4.28. The third kappa shape index (κ3) is 3.33. The maximum atomic E-state index is 13.9. The Hall–Kier alpha value is -1.49. The van der Waals surface area contributed by atoms with Crippen LogP contribution in [0.5, 0.6) is 0 Å². The van der Waals surface area contributed by atoms with Gasteiger partial charge in [0, 0.05) is 11.6 Å². The molecule has 20 heavy (non-hydrogen) atoms. The van der Waals surface area contributed by atoms with E-state index < -0.39 is 16.4 Å². The topological polar surface area (TPSA) is 52.4 Å². The largest absolute Gasteiger partial charge is 0.373 e. The summed E-state index contributed by atoms with van der Waals surface area (Å²) in [7, 11) is 0. The number of benzene rings is 1. The van der Waals surface area contributed by atoms with Crippen molar-refractivity contribution in [1.82, 2.24) is 0 Å². The molecule has 0 amide bonds. The van der Waals surface area contributed by atoms with E-state index in [0.29, 0.717) is 11.8 Å². The molecule has 1 aromatic rings. The molecule has 0 saturated heterocycles. The van der Waals surface area contributed by atoms with E-state index in [4.69, 9.17) is 4.74 Å². The van der Waals surface area contributed by atoms with Gasteiger partial charge in [-0.1, -0.05) is 26.0 Å². The number of nitro benzene ring substituents is 1. The Morgan fingerprint density at radius 2 is 2.10 bits per heavy atom. The van der Waals surface area contributed by atoms with Crippen LogP contribution in [0.4, 0.5) is 10.1 Å². The maximum Gasteiger partial charge on any atom is 0.305 e. The van der Waals surface area contributed by atoms with Crippen LogP contribution >= 0.6 is 0 Å². The maximum absolute atomic E-state index is 13.9. The highest BCUT2D eigenvalue weighted by molar-refractivity contribution is 5.36. The quantitative estimate of drug-likeness (QED) is 0.617. The zero-order valence-corrected chi connectivity index (χ0v) is 11.8. The molecule has 110 valence electrons. The Morgan fingerprint density at radius 1 is 1.35 bits per heavy atom. The Labute approximate surface area is 118 Å². The van der Waals surface area contributed by atoms with E-state index in [2.05, 4.69) is 13.8 Å². The Balaban J connectivity index is 1.98. The predicted molar refractivity (Wildman–Crippen MR) is 73.8 cm³/mol. The first-order chi connectivity index (χ1) is 9.49. The monoisotopic (exact) mass is 281 g/mol. The van der Waals surface area contributed by atoms with Crippen molar-refractivity contribution in [3.05, 3.63) is 39.7 Å². The lowest BCUT2D eigenvalue weighted by Gasteiger charge is -2.32. The molecule has 0 spiro atoms. The number of hydrogen-bond donors (Lipinski definition) is 0. The average molecular weight is 281 g/mol. The van der Waals surface area contributed by atoms with Crippen molar-refractivity contribution < 1.29 is 14.1 Å². The van der Waals surface area contributed by atoms with Gasteiger partial charge in [-0.15, -0.1) is 0 Å². The molecule has 1 aliphatic carbocycles. The molecule has 5 heteroatoms. The minimum atomic E-state index is -0.783. The molecule has 0 radical (unpaired) electrons. The molecule has 3 unspecified atom stereocenters. The lowest BCUT2D eigenvalue weighted by molar-refractivity contribution is -0.387. The first-order valence-electron chi connectivity index (χ1n) is 7.02. The van der Waals surface area contributed by atoms with E-state index in [9.17, 15) is 14.5 Å². The van der Waals surface area contributed by atoms with E-state index in [0.717, 1.165) is 19.3 Å². The zero-order chi connectivity index (χ0) is 14.7. The normalized spacial score (nSPS) is 26.4. The van der Waals surface area contributed by atoms with Crippen LogP contribution in [0.2, 0.25) is 0 Å². The van der Waals surface area contributed by atoms with Crippen LogP contribution in [0.1, 0.15) is 38.7 Å². The van der Waals surface area contributed by atoms with Crippen molar-refractivity contribution in [2.45, 2.75) is 45.8 Å². The number of halogens is 1. The summed E-state index contributed by atoms with van der Waals surface area (Å²) in [5.74, 6) is 0.517. The van der Waals surface area contributed by atoms with Gasteiger partial charge in [0.25, 0.3) is 0 Å². The highest BCUT2D eigenvalue weighted by Gasteiger charge is 2.25. The van der Waals surface area contributed by atoms with E-state index in [1.54, 1.807) is 0 Å². The van der Waals surface area contributed by atoms with Crippen LogP contribution in [0.3, 0.4) is 0 Å². The summed E-state index contributed by atoms with van der Waals surface area (Å²) in [6.07, 6.45) is 3.18. The molecule has 1 aromatic carbocycles. The Kier molecular flexibility index (Phi) is 4.70. The first kappa shape index (κ1) is 14.9. The smallest absolute Gasteiger partial charge is 0.305 e. The van der Waals surface area contributed by atoms with Gasteiger partial charge < -0.3 is 4.74 Å². The first-order valence-corrected chi connectivity index (χ1v) is 7.02. The van der Waals surface area contributed by atoms with E-state index in [1.165, 1.54) is 18.2 Å². The van der Waals surface area contributed by atoms with Crippen molar-refractivity contribution in [3.63, 3.8) is 0 Å². The van der Waals surface area contributed by atoms with Gasteiger partial charge in [0.1, 0.15) is 0 Å². The van der Waals surface area contributed by atoms with Crippen LogP contribution in [-0.2, 0) is 11.3 Å². The average Bonchev–Trinajstić information content (AvgIpc) is 2.41. The summed E-state index contributed by atoms with van der Waals surface area (Å²) < 4.78 is 19.6. The van der Waals surface area contributed by atoms with Gasteiger partial charge in [0.2, 0.25) is 5.82 Å². The Morgan fingerprint density at radius 3 is 2.75 bits per heavy atom. The number of nitrogens with zero attached hydrogens (tertiary/aromatic N) is 1. The number of hydrogen-bond acceptors (Lipinski definition) is 3. The van der Waals surface area contributed by atoms with Gasteiger partial charge >= 0.3 is 5.69 Å². The molecule has 0 N–H and O–H groups in total. The summed E-state index contributed by atoms with van der Waals surface area (Å²) in [4.78, 5) is 9.98. The van der Waals surface area contributed by atoms with Crippen LogP contribution in [-0.4, -0.2) is 11.0 Å². The molecule has 0 bridgehead atoms. The van der Waals surface area contributed by atoms with Crippen molar-refractivity contribution in [2.24, 2.45) is 11.8 Å². The lowest BCUT2D eigenvalue weighted by Crippen LogP contribution is -2.26. The van der Waals surface area contributed by atoms with Gasteiger partial charge in [0.05, 0.1) is 17.6 Å².